The summed E-state index contributed by atoms with van der Waals surface area (Å²) in [5.74, 6) is -7.54. The van der Waals surface area contributed by atoms with Crippen LogP contribution in [0.1, 0.15) is 0 Å². The molecule has 0 aliphatic rings. The molecule has 0 atom stereocenters. The summed E-state index contributed by atoms with van der Waals surface area (Å²) in [6, 6.07) is 41.2. The first-order valence-corrected chi connectivity index (χ1v) is 18.0. The summed E-state index contributed by atoms with van der Waals surface area (Å²) < 4.78 is 6.22. The second-order valence-corrected chi connectivity index (χ2v) is 14.0. The van der Waals surface area contributed by atoms with E-state index in [4.69, 9.17) is 4.42 Å². The van der Waals surface area contributed by atoms with Crippen molar-refractivity contribution in [3.63, 3.8) is 0 Å². The number of rotatable bonds is 4. The Hall–Kier alpha value is -8.04. The zero-order valence-corrected chi connectivity index (χ0v) is 29.7. The highest BCUT2D eigenvalue weighted by molar-refractivity contribution is 6.29. The van der Waals surface area contributed by atoms with E-state index in [1.807, 2.05) is 103 Å². The number of hydrogen-bond donors (Lipinski definition) is 8. The zero-order valence-electron chi connectivity index (χ0n) is 29.7. The molecule has 0 bridgehead atoms. The Labute approximate surface area is 322 Å². The van der Waals surface area contributed by atoms with Gasteiger partial charge in [0.15, 0.2) is 23.0 Å². The maximum absolute atomic E-state index is 11.8. The van der Waals surface area contributed by atoms with Gasteiger partial charge in [0.1, 0.15) is 11.2 Å². The third kappa shape index (κ3) is 4.82. The molecule has 0 saturated heterocycles. The molecule has 0 unspecified atom stereocenters. The van der Waals surface area contributed by atoms with Gasteiger partial charge in [0.25, 0.3) is 0 Å². The van der Waals surface area contributed by atoms with Crippen LogP contribution in [0.3, 0.4) is 0 Å². The lowest BCUT2D eigenvalue weighted by molar-refractivity contribution is 0.350. The Balaban J connectivity index is 1.38. The summed E-state index contributed by atoms with van der Waals surface area (Å²) in [6.07, 6.45) is 0. The SMILES string of the molecule is Oc1c(O)c(O)c2c(-c3ccc4oc5cc6ccccc6cc5c4c3)c3c(O)c(O)c(O)c(O)c3c(-c3ccc(-c4ccccc4)c(-c4ccccc4)c3)c2c1O. The lowest BCUT2D eigenvalue weighted by Crippen LogP contribution is -1.95. The van der Waals surface area contributed by atoms with Crippen LogP contribution in [-0.2, 0) is 0 Å². The van der Waals surface area contributed by atoms with E-state index in [-0.39, 0.29) is 32.7 Å². The van der Waals surface area contributed by atoms with Crippen molar-refractivity contribution in [1.82, 2.24) is 0 Å². The summed E-state index contributed by atoms with van der Waals surface area (Å²) in [4.78, 5) is 0. The fraction of sp³-hybridized carbons (Fsp3) is 0. The van der Waals surface area contributed by atoms with Gasteiger partial charge < -0.3 is 45.3 Å². The van der Waals surface area contributed by atoms with E-state index < -0.39 is 46.0 Å². The number of furan rings is 1. The normalized spacial score (nSPS) is 11.7. The predicted molar refractivity (Wildman–Crippen MR) is 221 cm³/mol. The molecule has 0 spiro atoms. The molecule has 276 valence electrons. The average molecular weight is 751 g/mol. The van der Waals surface area contributed by atoms with Gasteiger partial charge in [0, 0.05) is 43.4 Å². The van der Waals surface area contributed by atoms with Crippen molar-refractivity contribution in [2.24, 2.45) is 0 Å². The highest BCUT2D eigenvalue weighted by atomic mass is 16.4. The van der Waals surface area contributed by atoms with Gasteiger partial charge >= 0.3 is 0 Å². The number of phenols is 8. The fourth-order valence-corrected chi connectivity index (χ4v) is 8.24. The second-order valence-electron chi connectivity index (χ2n) is 14.0. The number of aromatic hydroxyl groups is 8. The molecule has 9 heteroatoms. The van der Waals surface area contributed by atoms with Gasteiger partial charge in [-0.2, -0.15) is 0 Å². The Morgan fingerprint density at radius 1 is 0.298 bits per heavy atom. The summed E-state index contributed by atoms with van der Waals surface area (Å²) in [6.45, 7) is 0. The summed E-state index contributed by atoms with van der Waals surface area (Å²) >= 11 is 0. The zero-order chi connectivity index (χ0) is 39.3. The molecule has 8 N–H and O–H groups in total. The van der Waals surface area contributed by atoms with Crippen LogP contribution in [0, 0.1) is 0 Å². The third-order valence-corrected chi connectivity index (χ3v) is 10.9. The molecule has 57 heavy (non-hydrogen) atoms. The molecular formula is C48H30O9. The Kier molecular flexibility index (Phi) is 7.20. The van der Waals surface area contributed by atoms with Gasteiger partial charge in [0.2, 0.25) is 23.0 Å². The van der Waals surface area contributed by atoms with Crippen LogP contribution in [0.15, 0.2) is 138 Å². The highest BCUT2D eigenvalue weighted by Gasteiger charge is 2.33. The molecular weight excluding hydrogens is 721 g/mol. The molecule has 0 saturated carbocycles. The van der Waals surface area contributed by atoms with E-state index in [0.29, 0.717) is 27.7 Å². The summed E-state index contributed by atoms with van der Waals surface area (Å²) in [7, 11) is 0. The van der Waals surface area contributed by atoms with Crippen molar-refractivity contribution in [2.45, 2.75) is 0 Å². The quantitative estimate of drug-likeness (QED) is 0.0494. The van der Waals surface area contributed by atoms with Crippen LogP contribution < -0.4 is 0 Å². The minimum Gasteiger partial charge on any atom is -0.504 e. The lowest BCUT2D eigenvalue weighted by Gasteiger charge is -2.23. The van der Waals surface area contributed by atoms with E-state index in [9.17, 15) is 40.9 Å². The van der Waals surface area contributed by atoms with Crippen molar-refractivity contribution >= 4 is 54.3 Å². The third-order valence-electron chi connectivity index (χ3n) is 10.9. The lowest BCUT2D eigenvalue weighted by atomic mass is 9.82. The van der Waals surface area contributed by atoms with Crippen LogP contribution in [0.4, 0.5) is 0 Å². The van der Waals surface area contributed by atoms with Crippen molar-refractivity contribution in [1.29, 1.82) is 0 Å². The first-order valence-electron chi connectivity index (χ1n) is 18.0. The van der Waals surface area contributed by atoms with Crippen molar-refractivity contribution in [2.75, 3.05) is 0 Å². The molecule has 9 nitrogen and oxygen atoms in total. The Morgan fingerprint density at radius 2 is 0.719 bits per heavy atom. The first-order chi connectivity index (χ1) is 27.6. The van der Waals surface area contributed by atoms with E-state index in [2.05, 4.69) is 0 Å². The number of phenolic OH excluding ortho intramolecular Hbond substituents is 8. The minimum atomic E-state index is -1.04. The van der Waals surface area contributed by atoms with E-state index in [1.165, 1.54) is 0 Å². The van der Waals surface area contributed by atoms with Gasteiger partial charge in [-0.3, -0.25) is 0 Å². The number of fused-ring (bicyclic) bond motifs is 6. The highest BCUT2D eigenvalue weighted by Crippen LogP contribution is 2.62. The van der Waals surface area contributed by atoms with Crippen molar-refractivity contribution in [3.05, 3.63) is 133 Å². The van der Waals surface area contributed by atoms with E-state index in [0.717, 1.165) is 38.4 Å². The van der Waals surface area contributed by atoms with Crippen LogP contribution in [0.25, 0.3) is 98.8 Å². The fourth-order valence-electron chi connectivity index (χ4n) is 8.24. The number of benzene rings is 9. The van der Waals surface area contributed by atoms with Crippen LogP contribution in [-0.4, -0.2) is 40.9 Å². The first kappa shape index (κ1) is 33.5. The molecule has 1 aromatic heterocycles. The maximum Gasteiger partial charge on any atom is 0.204 e. The molecule has 0 amide bonds. The molecule has 1 heterocycles. The second kappa shape index (κ2) is 12.2. The predicted octanol–water partition coefficient (Wildman–Crippen LogP) is 11.4. The molecule has 10 rings (SSSR count). The van der Waals surface area contributed by atoms with Gasteiger partial charge in [-0.1, -0.05) is 103 Å². The van der Waals surface area contributed by atoms with Gasteiger partial charge in [-0.25, -0.2) is 0 Å². The van der Waals surface area contributed by atoms with Gasteiger partial charge in [-0.15, -0.1) is 0 Å². The molecule has 0 radical (unpaired) electrons. The van der Waals surface area contributed by atoms with Crippen molar-refractivity contribution in [3.8, 4) is 90.5 Å². The van der Waals surface area contributed by atoms with Crippen LogP contribution in [0.5, 0.6) is 46.0 Å². The molecule has 10 aromatic rings. The van der Waals surface area contributed by atoms with E-state index in [1.54, 1.807) is 30.3 Å². The molecule has 9 aromatic carbocycles. The maximum atomic E-state index is 11.8. The topological polar surface area (TPSA) is 175 Å². The van der Waals surface area contributed by atoms with Gasteiger partial charge in [0.05, 0.1) is 0 Å². The van der Waals surface area contributed by atoms with Gasteiger partial charge in [-0.05, 0) is 74.5 Å². The van der Waals surface area contributed by atoms with Crippen LogP contribution >= 0.6 is 0 Å². The Bertz CT molecular complexity index is 3230. The number of hydrogen-bond acceptors (Lipinski definition) is 9. The van der Waals surface area contributed by atoms with E-state index >= 15 is 0 Å². The van der Waals surface area contributed by atoms with Crippen molar-refractivity contribution < 1.29 is 45.3 Å². The smallest absolute Gasteiger partial charge is 0.204 e. The molecule has 0 aliphatic heterocycles. The Morgan fingerprint density at radius 3 is 1.25 bits per heavy atom. The largest absolute Gasteiger partial charge is 0.504 e. The standard InChI is InChI=1S/C48H30O9/c49-41-37-35(27-15-17-29(23-9-3-1-4-10-23)30(20-27)24-11-5-2-6-12-24)38-40(44(52)48(56)46(54)42(38)50)36(39(37)43(51)47(55)45(41)53)28-16-18-33-31(21-28)32-19-25-13-7-8-14-26(25)22-34(32)57-33/h1-22,49-56H. The average Bonchev–Trinajstić information content (AvgIpc) is 3.61. The molecule has 0 aliphatic carbocycles. The monoisotopic (exact) mass is 750 g/mol. The van der Waals surface area contributed by atoms with Crippen LogP contribution in [0.2, 0.25) is 0 Å². The molecule has 0 fully saturated rings. The minimum absolute atomic E-state index is 0.0342. The summed E-state index contributed by atoms with van der Waals surface area (Å²) in [5.41, 5.74) is 4.93. The summed E-state index contributed by atoms with van der Waals surface area (Å²) in [5, 5.41) is 94.0.